The van der Waals surface area contributed by atoms with Gasteiger partial charge in [-0.1, -0.05) is 0 Å². The van der Waals surface area contributed by atoms with Crippen molar-refractivity contribution in [2.24, 2.45) is 0 Å². The lowest BCUT2D eigenvalue weighted by Gasteiger charge is -2.33. The maximum atomic E-state index is 11.2. The van der Waals surface area contributed by atoms with E-state index in [9.17, 15) is 9.90 Å². The fourth-order valence-corrected chi connectivity index (χ4v) is 1.49. The monoisotopic (exact) mass is 189 g/mol. The Labute approximate surface area is 77.2 Å². The Morgan fingerprint density at radius 2 is 2.15 bits per heavy atom. The summed E-state index contributed by atoms with van der Waals surface area (Å²) in [6.45, 7) is 0.357. The molecule has 5 heteroatoms. The van der Waals surface area contributed by atoms with Gasteiger partial charge < -0.3 is 14.7 Å². The van der Waals surface area contributed by atoms with E-state index in [2.05, 4.69) is 4.74 Å². The summed E-state index contributed by atoms with van der Waals surface area (Å²) in [4.78, 5) is 16.2. The predicted octanol–water partition coefficient (Wildman–Crippen LogP) is -0.454. The second kappa shape index (κ2) is 4.55. The van der Waals surface area contributed by atoms with Gasteiger partial charge in [-0.3, -0.25) is 4.79 Å². The number of hydrogen-bond acceptors (Lipinski definition) is 5. The number of carbonyl (C=O) groups is 1. The lowest BCUT2D eigenvalue weighted by atomic mass is 10.0. The van der Waals surface area contributed by atoms with E-state index in [1.807, 2.05) is 0 Å². The van der Waals surface area contributed by atoms with E-state index in [4.69, 9.17) is 4.84 Å². The minimum atomic E-state index is -0.416. The van der Waals surface area contributed by atoms with E-state index in [-0.39, 0.29) is 12.0 Å². The van der Waals surface area contributed by atoms with Crippen LogP contribution in [0.25, 0.3) is 0 Å². The largest absolute Gasteiger partial charge is 0.468 e. The van der Waals surface area contributed by atoms with Crippen LogP contribution in [0.2, 0.25) is 0 Å². The molecule has 0 spiro atoms. The summed E-state index contributed by atoms with van der Waals surface area (Å²) in [5, 5.41) is 10.8. The number of β-amino-alcohol motifs (C(OH)–C–C–N with tert-alkyl or cyclic N) is 1. The molecule has 1 heterocycles. The van der Waals surface area contributed by atoms with Gasteiger partial charge in [0.05, 0.1) is 26.9 Å². The van der Waals surface area contributed by atoms with E-state index < -0.39 is 6.10 Å². The molecule has 5 nitrogen and oxygen atoms in total. The van der Waals surface area contributed by atoms with Crippen LogP contribution in [0.1, 0.15) is 12.8 Å². The van der Waals surface area contributed by atoms with Crippen LogP contribution in [0.5, 0.6) is 0 Å². The molecule has 0 aromatic rings. The zero-order chi connectivity index (χ0) is 9.84. The molecule has 1 fully saturated rings. The molecule has 1 rings (SSSR count). The average Bonchev–Trinajstić information content (AvgIpc) is 2.16. The number of hydrogen-bond donors (Lipinski definition) is 1. The number of hydroxylamine groups is 2. The van der Waals surface area contributed by atoms with Crippen molar-refractivity contribution < 1.29 is 19.5 Å². The zero-order valence-corrected chi connectivity index (χ0v) is 7.90. The Bertz CT molecular complexity index is 185. The summed E-state index contributed by atoms with van der Waals surface area (Å²) < 4.78 is 4.61. The number of carbonyl (C=O) groups excluding carboxylic acids is 1. The number of aliphatic hydroxyl groups excluding tert-OH is 1. The molecule has 1 aliphatic rings. The van der Waals surface area contributed by atoms with Crippen LogP contribution in [-0.2, 0) is 14.4 Å². The summed E-state index contributed by atoms with van der Waals surface area (Å²) in [5.41, 5.74) is 0. The number of rotatable bonds is 2. The molecule has 76 valence electrons. The highest BCUT2D eigenvalue weighted by Crippen LogP contribution is 2.18. The highest BCUT2D eigenvalue weighted by Gasteiger charge is 2.33. The quantitative estimate of drug-likeness (QED) is 0.596. The second-order valence-electron chi connectivity index (χ2n) is 3.05. The van der Waals surface area contributed by atoms with Gasteiger partial charge in [0.2, 0.25) is 0 Å². The van der Waals surface area contributed by atoms with Gasteiger partial charge in [-0.2, -0.15) is 5.06 Å². The molecule has 0 saturated carbocycles. The van der Waals surface area contributed by atoms with Gasteiger partial charge in [-0.05, 0) is 12.8 Å². The van der Waals surface area contributed by atoms with E-state index in [0.29, 0.717) is 19.4 Å². The van der Waals surface area contributed by atoms with Crippen molar-refractivity contribution in [3.8, 4) is 0 Å². The lowest BCUT2D eigenvalue weighted by molar-refractivity contribution is -0.206. The highest BCUT2D eigenvalue weighted by molar-refractivity contribution is 5.75. The van der Waals surface area contributed by atoms with Crippen molar-refractivity contribution in [2.75, 3.05) is 20.8 Å². The predicted molar refractivity (Wildman–Crippen MR) is 44.8 cm³/mol. The maximum Gasteiger partial charge on any atom is 0.325 e. The second-order valence-corrected chi connectivity index (χ2v) is 3.05. The Kier molecular flexibility index (Phi) is 3.65. The Balaban J connectivity index is 2.57. The molecule has 0 amide bonds. The standard InChI is InChI=1S/C8H15NO4/c1-12-8(11)7-4-3-6(10)5-9(7)13-2/h6-7,10H,3-5H2,1-2H3/t6-,7+/m0/s1. The van der Waals surface area contributed by atoms with Crippen LogP contribution in [0, 0.1) is 0 Å². The van der Waals surface area contributed by atoms with Crippen LogP contribution < -0.4 is 0 Å². The van der Waals surface area contributed by atoms with Crippen LogP contribution in [0.4, 0.5) is 0 Å². The van der Waals surface area contributed by atoms with Gasteiger partial charge in [0.15, 0.2) is 0 Å². The first-order valence-corrected chi connectivity index (χ1v) is 4.25. The minimum absolute atomic E-state index is 0.311. The van der Waals surface area contributed by atoms with Gasteiger partial charge in [0.1, 0.15) is 6.04 Å². The first-order chi connectivity index (χ1) is 6.19. The van der Waals surface area contributed by atoms with Crippen LogP contribution in [-0.4, -0.2) is 49.0 Å². The topological polar surface area (TPSA) is 59.0 Å². The van der Waals surface area contributed by atoms with E-state index in [0.717, 1.165) is 0 Å². The molecule has 2 atom stereocenters. The number of methoxy groups -OCH3 is 1. The Morgan fingerprint density at radius 3 is 2.69 bits per heavy atom. The number of ether oxygens (including phenoxy) is 1. The maximum absolute atomic E-state index is 11.2. The first kappa shape index (κ1) is 10.4. The summed E-state index contributed by atoms with van der Waals surface area (Å²) in [7, 11) is 2.83. The van der Waals surface area contributed by atoms with Crippen molar-refractivity contribution >= 4 is 5.97 Å². The smallest absolute Gasteiger partial charge is 0.325 e. The third-order valence-electron chi connectivity index (χ3n) is 2.22. The molecule has 1 aliphatic heterocycles. The van der Waals surface area contributed by atoms with Gasteiger partial charge in [-0.15, -0.1) is 0 Å². The summed E-state index contributed by atoms with van der Waals surface area (Å²) in [6, 6.07) is -0.376. The first-order valence-electron chi connectivity index (χ1n) is 4.25. The zero-order valence-electron chi connectivity index (χ0n) is 7.90. The molecule has 0 unspecified atom stereocenters. The SMILES string of the molecule is COC(=O)[C@H]1CC[C@H](O)CN1OC. The van der Waals surface area contributed by atoms with Gasteiger partial charge in [0.25, 0.3) is 0 Å². The van der Waals surface area contributed by atoms with Crippen molar-refractivity contribution in [1.29, 1.82) is 0 Å². The molecule has 0 radical (unpaired) electrons. The number of esters is 1. The van der Waals surface area contributed by atoms with Crippen LogP contribution >= 0.6 is 0 Å². The summed E-state index contributed by atoms with van der Waals surface area (Å²) >= 11 is 0. The van der Waals surface area contributed by atoms with Gasteiger partial charge in [-0.25, -0.2) is 0 Å². The molecule has 1 N–H and O–H groups in total. The summed E-state index contributed by atoms with van der Waals surface area (Å²) in [6.07, 6.45) is 0.766. The molecule has 0 aromatic heterocycles. The van der Waals surface area contributed by atoms with E-state index in [1.54, 1.807) is 0 Å². The average molecular weight is 189 g/mol. The third kappa shape index (κ3) is 2.40. The number of nitrogens with zero attached hydrogens (tertiary/aromatic N) is 1. The van der Waals surface area contributed by atoms with Crippen molar-refractivity contribution in [1.82, 2.24) is 5.06 Å². The molecular weight excluding hydrogens is 174 g/mol. The highest BCUT2D eigenvalue weighted by atomic mass is 16.7. The Hall–Kier alpha value is -0.650. The molecule has 0 aliphatic carbocycles. The molecule has 1 saturated heterocycles. The van der Waals surface area contributed by atoms with Crippen LogP contribution in [0.15, 0.2) is 0 Å². The molecule has 0 aromatic carbocycles. The van der Waals surface area contributed by atoms with Crippen molar-refractivity contribution in [2.45, 2.75) is 25.0 Å². The van der Waals surface area contributed by atoms with Crippen molar-refractivity contribution in [3.05, 3.63) is 0 Å². The van der Waals surface area contributed by atoms with Crippen LogP contribution in [0.3, 0.4) is 0 Å². The number of piperidine rings is 1. The van der Waals surface area contributed by atoms with Gasteiger partial charge in [0, 0.05) is 0 Å². The van der Waals surface area contributed by atoms with E-state index in [1.165, 1.54) is 19.3 Å². The Morgan fingerprint density at radius 1 is 1.46 bits per heavy atom. The van der Waals surface area contributed by atoms with Crippen molar-refractivity contribution in [3.63, 3.8) is 0 Å². The molecule has 0 bridgehead atoms. The minimum Gasteiger partial charge on any atom is -0.468 e. The number of aliphatic hydroxyl groups is 1. The fourth-order valence-electron chi connectivity index (χ4n) is 1.49. The third-order valence-corrected chi connectivity index (χ3v) is 2.22. The van der Waals surface area contributed by atoms with Gasteiger partial charge >= 0.3 is 5.97 Å². The molecular formula is C8H15NO4. The van der Waals surface area contributed by atoms with E-state index >= 15 is 0 Å². The fraction of sp³-hybridized carbons (Fsp3) is 0.875. The normalized spacial score (nSPS) is 30.1. The summed E-state index contributed by atoms with van der Waals surface area (Å²) in [5.74, 6) is -0.311. The molecule has 13 heavy (non-hydrogen) atoms. The lowest BCUT2D eigenvalue weighted by Crippen LogP contribution is -2.49.